The molecule has 0 fully saturated rings. The van der Waals surface area contributed by atoms with Crippen LogP contribution in [0.1, 0.15) is 25.5 Å². The Morgan fingerprint density at radius 1 is 0.854 bits per heavy atom. The third kappa shape index (κ3) is 5.50. The summed E-state index contributed by atoms with van der Waals surface area (Å²) in [6, 6.07) is 17.0. The summed E-state index contributed by atoms with van der Waals surface area (Å²) in [6.07, 6.45) is -1.40. The fourth-order valence-electron chi connectivity index (χ4n) is 4.48. The van der Waals surface area contributed by atoms with E-state index in [1.54, 1.807) is 67.6 Å². The molecule has 0 radical (unpaired) electrons. The lowest BCUT2D eigenvalue weighted by Gasteiger charge is -2.29. The van der Waals surface area contributed by atoms with Crippen LogP contribution in [-0.2, 0) is 10.0 Å². The van der Waals surface area contributed by atoms with E-state index in [0.717, 1.165) is 4.31 Å². The number of aliphatic hydroxyl groups excluding tert-OH is 1. The standard InChI is InChI=1S/C28H33N5O7S/c1-7-32(41(35,36)18(2)26(34)19-12-8-9-14-21(19)37-3)28-31-30-27(20-13-10-17-24(29-20)40-6)33(28)25-22(38-4)15-11-16-23(25)39-5/h8-18,26,34H,7H2,1-6H3/t18-,26-/m0/s1. The van der Waals surface area contributed by atoms with Crippen molar-refractivity contribution in [3.05, 3.63) is 66.2 Å². The maximum absolute atomic E-state index is 14.2. The molecule has 0 saturated carbocycles. The lowest BCUT2D eigenvalue weighted by atomic mass is 10.1. The fraction of sp³-hybridized carbons (Fsp3) is 0.321. The highest BCUT2D eigenvalue weighted by Gasteiger charge is 2.39. The van der Waals surface area contributed by atoms with Crippen LogP contribution < -0.4 is 23.3 Å². The predicted molar refractivity (Wildman–Crippen MR) is 154 cm³/mol. The summed E-state index contributed by atoms with van der Waals surface area (Å²) < 4.78 is 52.9. The molecule has 4 rings (SSSR count). The first kappa shape index (κ1) is 29.6. The number of methoxy groups -OCH3 is 4. The highest BCUT2D eigenvalue weighted by molar-refractivity contribution is 7.93. The van der Waals surface area contributed by atoms with Crippen molar-refractivity contribution < 1.29 is 32.5 Å². The zero-order chi connectivity index (χ0) is 29.7. The average Bonchev–Trinajstić information content (AvgIpc) is 3.43. The monoisotopic (exact) mass is 583 g/mol. The van der Waals surface area contributed by atoms with Gasteiger partial charge in [0.15, 0.2) is 5.82 Å². The van der Waals surface area contributed by atoms with E-state index < -0.39 is 21.4 Å². The quantitative estimate of drug-likeness (QED) is 0.263. The Labute approximate surface area is 239 Å². The topological polar surface area (TPSA) is 138 Å². The number of para-hydroxylation sites is 2. The van der Waals surface area contributed by atoms with Crippen molar-refractivity contribution in [1.29, 1.82) is 0 Å². The average molecular weight is 584 g/mol. The van der Waals surface area contributed by atoms with Gasteiger partial charge in [0.1, 0.15) is 40.0 Å². The summed E-state index contributed by atoms with van der Waals surface area (Å²) in [4.78, 5) is 4.49. The van der Waals surface area contributed by atoms with E-state index in [-0.39, 0.29) is 18.3 Å². The number of pyridine rings is 1. The Kier molecular flexibility index (Phi) is 8.98. The van der Waals surface area contributed by atoms with Crippen LogP contribution in [0.4, 0.5) is 5.95 Å². The molecule has 0 saturated heterocycles. The third-order valence-electron chi connectivity index (χ3n) is 6.62. The number of aromatic nitrogens is 4. The van der Waals surface area contributed by atoms with E-state index in [4.69, 9.17) is 18.9 Å². The summed E-state index contributed by atoms with van der Waals surface area (Å²) in [7, 11) is 1.68. The molecule has 2 heterocycles. The van der Waals surface area contributed by atoms with Gasteiger partial charge in [0.2, 0.25) is 21.9 Å². The number of aliphatic hydroxyl groups is 1. The highest BCUT2D eigenvalue weighted by Crippen LogP contribution is 2.40. The molecule has 41 heavy (non-hydrogen) atoms. The minimum atomic E-state index is -4.25. The van der Waals surface area contributed by atoms with Crippen LogP contribution in [0.25, 0.3) is 17.2 Å². The molecule has 0 amide bonds. The van der Waals surface area contributed by atoms with Crippen molar-refractivity contribution >= 4 is 16.0 Å². The van der Waals surface area contributed by atoms with Gasteiger partial charge in [-0.25, -0.2) is 17.7 Å². The maximum atomic E-state index is 14.2. The zero-order valence-electron chi connectivity index (χ0n) is 23.7. The summed E-state index contributed by atoms with van der Waals surface area (Å²) in [5.74, 6) is 1.63. The van der Waals surface area contributed by atoms with E-state index >= 15 is 0 Å². The molecule has 2 aromatic carbocycles. The van der Waals surface area contributed by atoms with Gasteiger partial charge in [-0.2, -0.15) is 0 Å². The second-order valence-electron chi connectivity index (χ2n) is 8.84. The van der Waals surface area contributed by atoms with E-state index in [9.17, 15) is 13.5 Å². The first-order chi connectivity index (χ1) is 19.7. The Hall–Kier alpha value is -4.36. The van der Waals surface area contributed by atoms with Crippen LogP contribution in [0.15, 0.2) is 60.7 Å². The Balaban J connectivity index is 1.94. The zero-order valence-corrected chi connectivity index (χ0v) is 24.5. The van der Waals surface area contributed by atoms with E-state index in [1.165, 1.54) is 39.9 Å². The number of benzene rings is 2. The molecule has 13 heteroatoms. The predicted octanol–water partition coefficient (Wildman–Crippen LogP) is 3.64. The van der Waals surface area contributed by atoms with Crippen LogP contribution in [0.5, 0.6) is 23.1 Å². The van der Waals surface area contributed by atoms with Crippen LogP contribution in [0.2, 0.25) is 0 Å². The first-order valence-electron chi connectivity index (χ1n) is 12.7. The molecular formula is C28H33N5O7S. The van der Waals surface area contributed by atoms with Crippen molar-refractivity contribution in [2.24, 2.45) is 0 Å². The second kappa shape index (κ2) is 12.4. The summed E-state index contributed by atoms with van der Waals surface area (Å²) in [6.45, 7) is 3.08. The number of hydrogen-bond donors (Lipinski definition) is 1. The molecule has 0 aliphatic rings. The fourth-order valence-corrected chi connectivity index (χ4v) is 6.06. The van der Waals surface area contributed by atoms with Crippen molar-refractivity contribution in [2.75, 3.05) is 39.3 Å². The van der Waals surface area contributed by atoms with Crippen molar-refractivity contribution in [3.8, 4) is 40.3 Å². The Morgan fingerprint density at radius 3 is 2.07 bits per heavy atom. The minimum Gasteiger partial charge on any atom is -0.496 e. The molecule has 0 aliphatic carbocycles. The van der Waals surface area contributed by atoms with Crippen LogP contribution in [0.3, 0.4) is 0 Å². The highest BCUT2D eigenvalue weighted by atomic mass is 32.2. The SMILES string of the molecule is CCN(c1nnc(-c2cccc(OC)n2)n1-c1c(OC)cccc1OC)S(=O)(=O)[C@@H](C)[C@H](O)c1ccccc1OC. The minimum absolute atomic E-state index is 0.0214. The smallest absolute Gasteiger partial charge is 0.246 e. The van der Waals surface area contributed by atoms with Crippen LogP contribution >= 0.6 is 0 Å². The van der Waals surface area contributed by atoms with Gasteiger partial charge in [-0.3, -0.25) is 4.57 Å². The maximum Gasteiger partial charge on any atom is 0.246 e. The molecule has 2 aromatic heterocycles. The number of rotatable bonds is 12. The second-order valence-corrected chi connectivity index (χ2v) is 11.1. The van der Waals surface area contributed by atoms with Gasteiger partial charge >= 0.3 is 0 Å². The van der Waals surface area contributed by atoms with E-state index in [0.29, 0.717) is 40.1 Å². The molecule has 0 spiro atoms. The molecule has 0 unspecified atom stereocenters. The summed E-state index contributed by atoms with van der Waals surface area (Å²) >= 11 is 0. The van der Waals surface area contributed by atoms with Gasteiger partial charge < -0.3 is 24.1 Å². The van der Waals surface area contributed by atoms with Crippen molar-refractivity contribution in [2.45, 2.75) is 25.2 Å². The van der Waals surface area contributed by atoms with Crippen LogP contribution in [0, 0.1) is 0 Å². The molecule has 4 aromatic rings. The number of nitrogens with zero attached hydrogens (tertiary/aromatic N) is 5. The van der Waals surface area contributed by atoms with Crippen molar-refractivity contribution in [3.63, 3.8) is 0 Å². The van der Waals surface area contributed by atoms with E-state index in [1.807, 2.05) is 0 Å². The lowest BCUT2D eigenvalue weighted by Crippen LogP contribution is -2.41. The first-order valence-corrected chi connectivity index (χ1v) is 14.2. The lowest BCUT2D eigenvalue weighted by molar-refractivity contribution is 0.171. The molecule has 0 aliphatic heterocycles. The van der Waals surface area contributed by atoms with Gasteiger partial charge in [0.25, 0.3) is 0 Å². The number of sulfonamides is 1. The van der Waals surface area contributed by atoms with Gasteiger partial charge in [-0.1, -0.05) is 30.3 Å². The van der Waals surface area contributed by atoms with Gasteiger partial charge in [0, 0.05) is 18.2 Å². The number of hydrogen-bond acceptors (Lipinski definition) is 10. The van der Waals surface area contributed by atoms with Gasteiger partial charge in [0.05, 0.1) is 28.4 Å². The van der Waals surface area contributed by atoms with Gasteiger partial charge in [-0.05, 0) is 38.1 Å². The summed E-state index contributed by atoms with van der Waals surface area (Å²) in [5.41, 5.74) is 1.08. The third-order valence-corrected chi connectivity index (χ3v) is 8.86. The van der Waals surface area contributed by atoms with E-state index in [2.05, 4.69) is 15.2 Å². The summed E-state index contributed by atoms with van der Waals surface area (Å²) in [5, 5.41) is 18.6. The number of ether oxygens (including phenoxy) is 4. The van der Waals surface area contributed by atoms with Crippen molar-refractivity contribution in [1.82, 2.24) is 19.7 Å². The van der Waals surface area contributed by atoms with Gasteiger partial charge in [-0.15, -0.1) is 10.2 Å². The largest absolute Gasteiger partial charge is 0.496 e. The molecular weight excluding hydrogens is 550 g/mol. The Morgan fingerprint density at radius 2 is 1.46 bits per heavy atom. The van der Waals surface area contributed by atoms with Crippen LogP contribution in [-0.4, -0.2) is 73.5 Å². The molecule has 0 bridgehead atoms. The molecule has 12 nitrogen and oxygen atoms in total. The molecule has 2 atom stereocenters. The molecule has 218 valence electrons. The normalized spacial score (nSPS) is 12.9. The molecule has 1 N–H and O–H groups in total. The number of anilines is 1. The Bertz CT molecular complexity index is 1590.